The molecule has 5 rings (SSSR count). The van der Waals surface area contributed by atoms with Gasteiger partial charge >= 0.3 is 0 Å². The lowest BCUT2D eigenvalue weighted by Gasteiger charge is -2.33. The van der Waals surface area contributed by atoms with Crippen molar-refractivity contribution in [1.82, 2.24) is 29.7 Å². The fourth-order valence-corrected chi connectivity index (χ4v) is 4.30. The van der Waals surface area contributed by atoms with E-state index in [9.17, 15) is 10.1 Å². The number of nitrogens with zero attached hydrogens (tertiary/aromatic N) is 7. The molecular weight excluding hydrogens is 404 g/mol. The number of aromatic nitrogens is 5. The summed E-state index contributed by atoms with van der Waals surface area (Å²) in [5.41, 5.74) is 4.98. The normalized spacial score (nSPS) is 16.1. The summed E-state index contributed by atoms with van der Waals surface area (Å²) in [6, 6.07) is 8.45. The average Bonchev–Trinajstić information content (AvgIpc) is 3.45. The monoisotopic (exact) mass is 426 g/mol. The van der Waals surface area contributed by atoms with Crippen LogP contribution in [0.3, 0.4) is 0 Å². The van der Waals surface area contributed by atoms with Crippen molar-refractivity contribution in [3.63, 3.8) is 0 Å². The fraction of sp³-hybridized carbons (Fsp3) is 0.261. The van der Waals surface area contributed by atoms with Gasteiger partial charge < -0.3 is 10.2 Å². The predicted octanol–water partition coefficient (Wildman–Crippen LogP) is 2.38. The van der Waals surface area contributed by atoms with Crippen LogP contribution in [-0.4, -0.2) is 49.9 Å². The molecule has 1 N–H and O–H groups in total. The summed E-state index contributed by atoms with van der Waals surface area (Å²) >= 11 is 0. The molecule has 1 atom stereocenters. The maximum atomic E-state index is 10.8. The third-order valence-electron chi connectivity index (χ3n) is 5.88. The smallest absolute Gasteiger partial charge is 0.207 e. The van der Waals surface area contributed by atoms with Gasteiger partial charge in [-0.05, 0) is 31.0 Å². The van der Waals surface area contributed by atoms with Crippen LogP contribution in [0.2, 0.25) is 0 Å². The van der Waals surface area contributed by atoms with Gasteiger partial charge in [-0.25, -0.2) is 9.50 Å². The first-order valence-corrected chi connectivity index (χ1v) is 10.5. The largest absolute Gasteiger partial charge is 0.355 e. The molecule has 0 saturated carbocycles. The minimum atomic E-state index is 0.142. The summed E-state index contributed by atoms with van der Waals surface area (Å²) in [5.74, 6) is 0.875. The van der Waals surface area contributed by atoms with E-state index in [4.69, 9.17) is 4.98 Å². The number of hydrogen-bond donors (Lipinski definition) is 1. The van der Waals surface area contributed by atoms with Gasteiger partial charge in [0, 0.05) is 67.0 Å². The van der Waals surface area contributed by atoms with Crippen LogP contribution in [0.25, 0.3) is 27.8 Å². The van der Waals surface area contributed by atoms with E-state index in [2.05, 4.69) is 32.5 Å². The van der Waals surface area contributed by atoms with E-state index in [-0.39, 0.29) is 6.04 Å². The number of amides is 1. The van der Waals surface area contributed by atoms with E-state index in [1.54, 1.807) is 21.6 Å². The van der Waals surface area contributed by atoms with Gasteiger partial charge in [0.15, 0.2) is 0 Å². The Labute approximate surface area is 184 Å². The van der Waals surface area contributed by atoms with Crippen LogP contribution >= 0.6 is 0 Å². The third kappa shape index (κ3) is 3.56. The van der Waals surface area contributed by atoms with Crippen molar-refractivity contribution in [3.8, 4) is 28.3 Å². The molecule has 0 bridgehead atoms. The van der Waals surface area contributed by atoms with E-state index in [1.807, 2.05) is 37.8 Å². The van der Waals surface area contributed by atoms with Gasteiger partial charge in [0.1, 0.15) is 11.9 Å². The topological polar surface area (TPSA) is 104 Å². The van der Waals surface area contributed by atoms with Crippen molar-refractivity contribution in [2.45, 2.75) is 18.9 Å². The minimum Gasteiger partial charge on any atom is -0.355 e. The molecule has 1 saturated heterocycles. The summed E-state index contributed by atoms with van der Waals surface area (Å²) in [6.07, 6.45) is 11.8. The van der Waals surface area contributed by atoms with Crippen molar-refractivity contribution < 1.29 is 4.79 Å². The second kappa shape index (κ2) is 8.15. The Morgan fingerprint density at radius 1 is 1.16 bits per heavy atom. The summed E-state index contributed by atoms with van der Waals surface area (Å²) in [6.45, 7) is 1.65. The summed E-state index contributed by atoms with van der Waals surface area (Å²) in [7, 11) is 1.88. The number of carbonyl (C=O) groups is 1. The highest BCUT2D eigenvalue weighted by Crippen LogP contribution is 2.32. The molecular formula is C23H22N8O. The highest BCUT2D eigenvalue weighted by molar-refractivity contribution is 5.87. The number of nitriles is 1. The second-order valence-corrected chi connectivity index (χ2v) is 7.98. The Bertz CT molecular complexity index is 1310. The van der Waals surface area contributed by atoms with Crippen molar-refractivity contribution >= 4 is 17.7 Å². The van der Waals surface area contributed by atoms with Crippen LogP contribution in [0.15, 0.2) is 49.2 Å². The highest BCUT2D eigenvalue weighted by atomic mass is 16.1. The Kier molecular flexibility index (Phi) is 5.03. The highest BCUT2D eigenvalue weighted by Gasteiger charge is 2.21. The van der Waals surface area contributed by atoms with Crippen molar-refractivity contribution in [1.29, 1.82) is 5.26 Å². The lowest BCUT2D eigenvalue weighted by Crippen LogP contribution is -2.45. The van der Waals surface area contributed by atoms with Crippen LogP contribution in [-0.2, 0) is 11.8 Å². The Balaban J connectivity index is 1.54. The van der Waals surface area contributed by atoms with Gasteiger partial charge in [0.2, 0.25) is 6.41 Å². The maximum absolute atomic E-state index is 10.8. The minimum absolute atomic E-state index is 0.142. The molecule has 160 valence electrons. The zero-order valence-corrected chi connectivity index (χ0v) is 17.6. The van der Waals surface area contributed by atoms with Crippen molar-refractivity contribution in [2.75, 3.05) is 18.0 Å². The lowest BCUT2D eigenvalue weighted by molar-refractivity contribution is -0.110. The van der Waals surface area contributed by atoms with Crippen LogP contribution in [0.5, 0.6) is 0 Å². The molecule has 5 heterocycles. The van der Waals surface area contributed by atoms with E-state index < -0.39 is 0 Å². The van der Waals surface area contributed by atoms with Crippen LogP contribution in [0, 0.1) is 11.3 Å². The zero-order chi connectivity index (χ0) is 22.1. The molecule has 0 radical (unpaired) electrons. The molecule has 1 fully saturated rings. The van der Waals surface area contributed by atoms with Crippen molar-refractivity contribution in [2.24, 2.45) is 7.05 Å². The lowest BCUT2D eigenvalue weighted by atomic mass is 10.0. The van der Waals surface area contributed by atoms with Crippen LogP contribution < -0.4 is 10.2 Å². The van der Waals surface area contributed by atoms with Gasteiger partial charge in [0.05, 0.1) is 23.5 Å². The van der Waals surface area contributed by atoms with Gasteiger partial charge in [-0.3, -0.25) is 9.48 Å². The number of carbonyl (C=O) groups excluding carboxylic acids is 1. The zero-order valence-electron chi connectivity index (χ0n) is 17.6. The number of hydrogen-bond acceptors (Lipinski definition) is 6. The molecule has 1 aliphatic heterocycles. The van der Waals surface area contributed by atoms with E-state index in [0.717, 1.165) is 65.9 Å². The number of nitrogens with one attached hydrogen (secondary N) is 1. The maximum Gasteiger partial charge on any atom is 0.207 e. The summed E-state index contributed by atoms with van der Waals surface area (Å²) in [5, 5.41) is 21.1. The van der Waals surface area contributed by atoms with E-state index >= 15 is 0 Å². The number of anilines is 1. The first kappa shape index (κ1) is 19.8. The van der Waals surface area contributed by atoms with E-state index in [1.165, 1.54) is 0 Å². The van der Waals surface area contributed by atoms with Crippen LogP contribution in [0.1, 0.15) is 18.4 Å². The van der Waals surface area contributed by atoms with Crippen LogP contribution in [0.4, 0.5) is 5.82 Å². The molecule has 1 aliphatic rings. The molecule has 4 aromatic heterocycles. The molecule has 0 spiro atoms. The first-order chi connectivity index (χ1) is 15.7. The van der Waals surface area contributed by atoms with Gasteiger partial charge in [-0.2, -0.15) is 15.5 Å². The number of aryl methyl sites for hydroxylation is 1. The van der Waals surface area contributed by atoms with Gasteiger partial charge in [-0.1, -0.05) is 0 Å². The molecule has 0 aliphatic carbocycles. The summed E-state index contributed by atoms with van der Waals surface area (Å²) in [4.78, 5) is 17.7. The van der Waals surface area contributed by atoms with Gasteiger partial charge in [-0.15, -0.1) is 0 Å². The second-order valence-electron chi connectivity index (χ2n) is 7.98. The predicted molar refractivity (Wildman–Crippen MR) is 120 cm³/mol. The number of piperidine rings is 1. The molecule has 1 amide bonds. The third-order valence-corrected chi connectivity index (χ3v) is 5.88. The quantitative estimate of drug-likeness (QED) is 0.492. The number of fused-ring (bicyclic) bond motifs is 1. The fourth-order valence-electron chi connectivity index (χ4n) is 4.30. The van der Waals surface area contributed by atoms with Gasteiger partial charge in [0.25, 0.3) is 0 Å². The van der Waals surface area contributed by atoms with E-state index in [0.29, 0.717) is 5.56 Å². The standard InChI is InChI=1S/C23H22N8O/c1-29-12-19(11-27-29)17-7-21(23-18(8-24)10-28-31(23)13-17)16-4-5-22(25-9-16)30-6-2-3-20(14-30)26-15-32/h4-5,7,9-13,15,20H,2-3,6,14H2,1H3,(H,26,32). The molecule has 4 aromatic rings. The Morgan fingerprint density at radius 2 is 2.06 bits per heavy atom. The molecule has 0 aromatic carbocycles. The Hall–Kier alpha value is -4.19. The average molecular weight is 426 g/mol. The molecule has 9 heteroatoms. The Morgan fingerprint density at radius 3 is 2.78 bits per heavy atom. The molecule has 32 heavy (non-hydrogen) atoms. The number of rotatable bonds is 5. The SMILES string of the molecule is Cn1cc(-c2cc(-c3ccc(N4CCCC(NC=O)C4)nc3)c3c(C#N)cnn3c2)cn1. The summed E-state index contributed by atoms with van der Waals surface area (Å²) < 4.78 is 3.50. The number of pyridine rings is 2. The first-order valence-electron chi connectivity index (χ1n) is 10.5. The molecule has 9 nitrogen and oxygen atoms in total. The molecule has 1 unspecified atom stereocenters. The van der Waals surface area contributed by atoms with Crippen molar-refractivity contribution in [3.05, 3.63) is 54.7 Å².